The van der Waals surface area contributed by atoms with E-state index in [9.17, 15) is 9.90 Å². The number of rotatable bonds is 2. The van der Waals surface area contributed by atoms with Gasteiger partial charge in [-0.1, -0.05) is 15.9 Å². The molecule has 0 saturated heterocycles. The standard InChI is InChI=1S/C15H19BBrNO5/c1-15(2,3)18(14(19)20)6-11-13(17)10-4-5-21-7-9-8-22-16(23-11)12(9)10/h4-5,11H,6-8H2,1-3H3,(H,19,20). The summed E-state index contributed by atoms with van der Waals surface area (Å²) in [7, 11) is -0.465. The lowest BCUT2D eigenvalue weighted by Gasteiger charge is -2.38. The van der Waals surface area contributed by atoms with Crippen molar-refractivity contribution in [3.05, 3.63) is 33.4 Å². The molecule has 1 N–H and O–H groups in total. The fourth-order valence-electron chi connectivity index (χ4n) is 2.92. The van der Waals surface area contributed by atoms with Crippen molar-refractivity contribution in [2.75, 3.05) is 19.8 Å². The molecule has 1 amide bonds. The number of hydrogen-bond donors (Lipinski definition) is 1. The van der Waals surface area contributed by atoms with Crippen LogP contribution in [0.25, 0.3) is 0 Å². The van der Waals surface area contributed by atoms with E-state index in [4.69, 9.17) is 14.0 Å². The lowest BCUT2D eigenvalue weighted by atomic mass is 9.70. The van der Waals surface area contributed by atoms with Gasteiger partial charge in [-0.2, -0.15) is 0 Å². The summed E-state index contributed by atoms with van der Waals surface area (Å²) in [6.07, 6.45) is 2.15. The number of nitrogens with zero attached hydrogens (tertiary/aromatic N) is 1. The molecule has 0 bridgehead atoms. The second kappa shape index (κ2) is 6.00. The normalized spacial score (nSPS) is 23.7. The van der Waals surface area contributed by atoms with Gasteiger partial charge in [0.1, 0.15) is 6.61 Å². The van der Waals surface area contributed by atoms with E-state index in [0.717, 1.165) is 21.1 Å². The maximum atomic E-state index is 11.6. The number of halogens is 1. The Hall–Kier alpha value is -1.25. The number of hydrogen-bond acceptors (Lipinski definition) is 4. The van der Waals surface area contributed by atoms with Gasteiger partial charge < -0.3 is 24.1 Å². The van der Waals surface area contributed by atoms with Gasteiger partial charge in [-0.25, -0.2) is 4.79 Å². The molecule has 1 atom stereocenters. The van der Waals surface area contributed by atoms with Crippen LogP contribution >= 0.6 is 15.9 Å². The van der Waals surface area contributed by atoms with E-state index >= 15 is 0 Å². The van der Waals surface area contributed by atoms with Gasteiger partial charge in [-0.15, -0.1) is 0 Å². The predicted octanol–water partition coefficient (Wildman–Crippen LogP) is 2.71. The fourth-order valence-corrected chi connectivity index (χ4v) is 3.52. The molecule has 3 aliphatic rings. The van der Waals surface area contributed by atoms with Gasteiger partial charge in [0, 0.05) is 10.0 Å². The van der Waals surface area contributed by atoms with Crippen LogP contribution < -0.4 is 0 Å². The van der Waals surface area contributed by atoms with Crippen molar-refractivity contribution < 1.29 is 23.9 Å². The highest BCUT2D eigenvalue weighted by Gasteiger charge is 2.44. The van der Waals surface area contributed by atoms with E-state index in [1.165, 1.54) is 4.90 Å². The molecule has 0 aliphatic carbocycles. The van der Waals surface area contributed by atoms with Crippen molar-refractivity contribution >= 4 is 29.1 Å². The molecule has 0 radical (unpaired) electrons. The molecule has 1 unspecified atom stereocenters. The summed E-state index contributed by atoms with van der Waals surface area (Å²) in [5.41, 5.74) is 2.51. The molecular weight excluding hydrogens is 365 g/mol. The number of carbonyl (C=O) groups is 1. The topological polar surface area (TPSA) is 68.2 Å². The van der Waals surface area contributed by atoms with Crippen molar-refractivity contribution in [3.8, 4) is 0 Å². The number of ether oxygens (including phenoxy) is 1. The average molecular weight is 384 g/mol. The molecule has 23 heavy (non-hydrogen) atoms. The van der Waals surface area contributed by atoms with Gasteiger partial charge in [0.2, 0.25) is 0 Å². The molecule has 0 aromatic carbocycles. The minimum absolute atomic E-state index is 0.222. The van der Waals surface area contributed by atoms with Crippen LogP contribution in [-0.2, 0) is 14.0 Å². The van der Waals surface area contributed by atoms with Crippen molar-refractivity contribution in [2.24, 2.45) is 0 Å². The molecule has 0 aromatic rings. The fraction of sp³-hybridized carbons (Fsp3) is 0.533. The van der Waals surface area contributed by atoms with Gasteiger partial charge in [-0.05, 0) is 43.5 Å². The lowest BCUT2D eigenvalue weighted by molar-refractivity contribution is 0.0676. The average Bonchev–Trinajstić information content (AvgIpc) is 2.71. The minimum atomic E-state index is -0.972. The molecule has 124 valence electrons. The SMILES string of the molecule is CC(C)(C)N(CC1OB2OCC3=C2C(=C1Br)C=COC3)C(=O)O. The Kier molecular flexibility index (Phi) is 4.33. The minimum Gasteiger partial charge on any atom is -0.497 e. The summed E-state index contributed by atoms with van der Waals surface area (Å²) in [6, 6.07) is 0. The Morgan fingerprint density at radius 1 is 1.48 bits per heavy atom. The molecule has 0 aromatic heterocycles. The summed E-state index contributed by atoms with van der Waals surface area (Å²) < 4.78 is 18.0. The molecule has 8 heteroatoms. The molecule has 0 spiro atoms. The summed E-state index contributed by atoms with van der Waals surface area (Å²) in [5.74, 6) is 0. The number of carboxylic acid groups (broad SMARTS) is 1. The Balaban J connectivity index is 1.94. The molecule has 3 aliphatic heterocycles. The summed E-state index contributed by atoms with van der Waals surface area (Å²) >= 11 is 3.60. The third-order valence-corrected chi connectivity index (χ3v) is 5.06. The van der Waals surface area contributed by atoms with Crippen LogP contribution in [0.3, 0.4) is 0 Å². The van der Waals surface area contributed by atoms with Crippen LogP contribution in [0.1, 0.15) is 20.8 Å². The molecule has 3 rings (SSSR count). The first-order valence-corrected chi connectivity index (χ1v) is 8.26. The van der Waals surface area contributed by atoms with E-state index < -0.39 is 24.9 Å². The van der Waals surface area contributed by atoms with E-state index in [2.05, 4.69) is 15.9 Å². The highest BCUT2D eigenvalue weighted by atomic mass is 79.9. The number of allylic oxidation sites excluding steroid dienone is 3. The van der Waals surface area contributed by atoms with Crippen LogP contribution in [-0.4, -0.2) is 54.6 Å². The zero-order valence-corrected chi connectivity index (χ0v) is 14.9. The second-order valence-corrected chi connectivity index (χ2v) is 7.58. The van der Waals surface area contributed by atoms with Crippen LogP contribution in [0.15, 0.2) is 33.4 Å². The highest BCUT2D eigenvalue weighted by Crippen LogP contribution is 2.40. The van der Waals surface area contributed by atoms with E-state index in [1.54, 1.807) is 6.26 Å². The highest BCUT2D eigenvalue weighted by molar-refractivity contribution is 9.11. The molecule has 3 heterocycles. The first kappa shape index (κ1) is 16.6. The van der Waals surface area contributed by atoms with Gasteiger partial charge >= 0.3 is 13.2 Å². The van der Waals surface area contributed by atoms with Crippen molar-refractivity contribution in [1.82, 2.24) is 4.90 Å². The van der Waals surface area contributed by atoms with E-state index in [1.807, 2.05) is 26.8 Å². The lowest BCUT2D eigenvalue weighted by Crippen LogP contribution is -2.51. The van der Waals surface area contributed by atoms with Crippen LogP contribution in [0, 0.1) is 0 Å². The smallest absolute Gasteiger partial charge is 0.495 e. The molecular formula is C15H19BBrNO5. The quantitative estimate of drug-likeness (QED) is 0.742. The summed E-state index contributed by atoms with van der Waals surface area (Å²) in [5, 5.41) is 9.50. The van der Waals surface area contributed by atoms with E-state index in [-0.39, 0.29) is 6.54 Å². The molecule has 6 nitrogen and oxygen atoms in total. The Bertz CT molecular complexity index is 622. The molecule has 0 fully saturated rings. The molecule has 0 saturated carbocycles. The van der Waals surface area contributed by atoms with Crippen LogP contribution in [0.4, 0.5) is 4.79 Å². The summed E-state index contributed by atoms with van der Waals surface area (Å²) in [6.45, 7) is 6.77. The first-order chi connectivity index (χ1) is 10.8. The number of amides is 1. The van der Waals surface area contributed by atoms with Gasteiger partial charge in [0.25, 0.3) is 0 Å². The van der Waals surface area contributed by atoms with Crippen molar-refractivity contribution in [3.63, 3.8) is 0 Å². The van der Waals surface area contributed by atoms with Gasteiger partial charge in [-0.3, -0.25) is 0 Å². The third kappa shape index (κ3) is 3.07. The Morgan fingerprint density at radius 3 is 2.87 bits per heavy atom. The van der Waals surface area contributed by atoms with Gasteiger partial charge in [0.05, 0.1) is 25.5 Å². The van der Waals surface area contributed by atoms with Crippen molar-refractivity contribution in [1.29, 1.82) is 0 Å². The monoisotopic (exact) mass is 383 g/mol. The third-order valence-electron chi connectivity index (χ3n) is 4.12. The zero-order chi connectivity index (χ0) is 16.8. The second-order valence-electron chi connectivity index (χ2n) is 6.72. The zero-order valence-electron chi connectivity index (χ0n) is 13.3. The van der Waals surface area contributed by atoms with Crippen LogP contribution in [0.5, 0.6) is 0 Å². The van der Waals surface area contributed by atoms with Crippen LogP contribution in [0.2, 0.25) is 0 Å². The Morgan fingerprint density at radius 2 is 2.22 bits per heavy atom. The maximum absolute atomic E-state index is 11.6. The Labute approximate surface area is 144 Å². The van der Waals surface area contributed by atoms with E-state index in [0.29, 0.717) is 13.2 Å². The predicted molar refractivity (Wildman–Crippen MR) is 89.1 cm³/mol. The summed E-state index contributed by atoms with van der Waals surface area (Å²) in [4.78, 5) is 13.0. The maximum Gasteiger partial charge on any atom is 0.495 e. The van der Waals surface area contributed by atoms with Gasteiger partial charge in [0.15, 0.2) is 0 Å². The van der Waals surface area contributed by atoms with Crippen molar-refractivity contribution in [2.45, 2.75) is 32.4 Å². The largest absolute Gasteiger partial charge is 0.497 e. The first-order valence-electron chi connectivity index (χ1n) is 7.47.